The zero-order valence-corrected chi connectivity index (χ0v) is 13.4. The first-order valence-electron chi connectivity index (χ1n) is 7.60. The molecular weight excluding hydrogens is 256 g/mol. The van der Waals surface area contributed by atoms with Crippen LogP contribution in [0.25, 0.3) is 0 Å². The minimum absolute atomic E-state index is 0.235. The molecule has 2 heterocycles. The second-order valence-electron chi connectivity index (χ2n) is 6.87. The van der Waals surface area contributed by atoms with Gasteiger partial charge < -0.3 is 10.2 Å². The van der Waals surface area contributed by atoms with Gasteiger partial charge in [-0.3, -0.25) is 4.79 Å². The Bertz CT molecular complexity index is 300. The molecule has 0 aliphatic carbocycles. The van der Waals surface area contributed by atoms with Crippen LogP contribution in [0.1, 0.15) is 46.5 Å². The molecule has 0 spiro atoms. The molecule has 19 heavy (non-hydrogen) atoms. The second kappa shape index (κ2) is 6.49. The number of likely N-dealkylation sites (tertiary alicyclic amines) is 1. The first-order valence-corrected chi connectivity index (χ1v) is 8.75. The predicted octanol–water partition coefficient (Wildman–Crippen LogP) is 2.51. The highest BCUT2D eigenvalue weighted by atomic mass is 32.2. The lowest BCUT2D eigenvalue weighted by Gasteiger charge is -2.37. The molecule has 1 N–H and O–H groups in total. The maximum Gasteiger partial charge on any atom is 0.227 e. The molecule has 4 heteroatoms. The summed E-state index contributed by atoms with van der Waals surface area (Å²) in [5, 5.41) is 3.80. The number of carbonyl (C=O) groups is 1. The van der Waals surface area contributed by atoms with Gasteiger partial charge in [0, 0.05) is 30.6 Å². The third-order valence-electron chi connectivity index (χ3n) is 4.12. The number of carbonyl (C=O) groups excluding carboxylic acids is 1. The molecule has 2 aliphatic rings. The van der Waals surface area contributed by atoms with E-state index in [2.05, 4.69) is 22.0 Å². The van der Waals surface area contributed by atoms with Gasteiger partial charge in [-0.15, -0.1) is 0 Å². The van der Waals surface area contributed by atoms with E-state index >= 15 is 0 Å². The Morgan fingerprint density at radius 1 is 1.05 bits per heavy atom. The number of thioether (sulfide) groups is 1. The van der Waals surface area contributed by atoms with Gasteiger partial charge in [0.15, 0.2) is 0 Å². The van der Waals surface area contributed by atoms with Gasteiger partial charge in [0.05, 0.1) is 0 Å². The molecule has 2 rings (SSSR count). The highest BCUT2D eigenvalue weighted by Gasteiger charge is 2.30. The number of hydrogen-bond acceptors (Lipinski definition) is 3. The molecule has 2 aliphatic heterocycles. The lowest BCUT2D eigenvalue weighted by atomic mass is 9.92. The molecule has 3 nitrogen and oxygen atoms in total. The van der Waals surface area contributed by atoms with Crippen molar-refractivity contribution in [3.8, 4) is 0 Å². The van der Waals surface area contributed by atoms with Crippen LogP contribution < -0.4 is 5.32 Å². The van der Waals surface area contributed by atoms with Crippen LogP contribution in [0.15, 0.2) is 0 Å². The lowest BCUT2D eigenvalue weighted by Crippen LogP contribution is -2.50. The Morgan fingerprint density at radius 2 is 1.58 bits per heavy atom. The van der Waals surface area contributed by atoms with Crippen molar-refractivity contribution >= 4 is 17.7 Å². The highest BCUT2D eigenvalue weighted by molar-refractivity contribution is 7.99. The Labute approximate surface area is 121 Å². The van der Waals surface area contributed by atoms with Crippen LogP contribution in [0.2, 0.25) is 0 Å². The lowest BCUT2D eigenvalue weighted by molar-refractivity contribution is -0.140. The van der Waals surface area contributed by atoms with Crippen molar-refractivity contribution in [3.63, 3.8) is 0 Å². The van der Waals surface area contributed by atoms with E-state index in [9.17, 15) is 4.79 Å². The summed E-state index contributed by atoms with van der Waals surface area (Å²) in [6.07, 6.45) is 4.86. The molecule has 110 valence electrons. The molecule has 0 aromatic carbocycles. The summed E-state index contributed by atoms with van der Waals surface area (Å²) in [7, 11) is 0. The minimum Gasteiger partial charge on any atom is -0.342 e. The average Bonchev–Trinajstić information content (AvgIpc) is 2.39. The van der Waals surface area contributed by atoms with Crippen molar-refractivity contribution < 1.29 is 4.79 Å². The second-order valence-corrected chi connectivity index (χ2v) is 8.09. The molecule has 0 radical (unpaired) electrons. The smallest absolute Gasteiger partial charge is 0.227 e. The normalized spacial score (nSPS) is 23.6. The summed E-state index contributed by atoms with van der Waals surface area (Å²) < 4.78 is 0. The molecular formula is C15H28N2OS. The Hall–Kier alpha value is -0.220. The zero-order valence-electron chi connectivity index (χ0n) is 12.6. The molecule has 0 unspecified atom stereocenters. The number of piperidine rings is 1. The Balaban J connectivity index is 1.74. The van der Waals surface area contributed by atoms with Gasteiger partial charge in [0.2, 0.25) is 5.91 Å². The third kappa shape index (κ3) is 4.38. The highest BCUT2D eigenvalue weighted by Crippen LogP contribution is 2.22. The summed E-state index contributed by atoms with van der Waals surface area (Å²) in [6, 6.07) is 1.34. The van der Waals surface area contributed by atoms with E-state index in [1.807, 2.05) is 20.8 Å². The fourth-order valence-electron chi connectivity index (χ4n) is 2.92. The van der Waals surface area contributed by atoms with Crippen LogP contribution >= 0.6 is 11.8 Å². The van der Waals surface area contributed by atoms with Crippen LogP contribution in [0.4, 0.5) is 0 Å². The van der Waals surface area contributed by atoms with Crippen LogP contribution in [0.3, 0.4) is 0 Å². The van der Waals surface area contributed by atoms with Gasteiger partial charge >= 0.3 is 0 Å². The van der Waals surface area contributed by atoms with Crippen molar-refractivity contribution in [1.82, 2.24) is 10.2 Å². The van der Waals surface area contributed by atoms with Crippen LogP contribution in [0, 0.1) is 5.41 Å². The summed E-state index contributed by atoms with van der Waals surface area (Å²) in [4.78, 5) is 14.3. The van der Waals surface area contributed by atoms with Gasteiger partial charge in [-0.1, -0.05) is 20.8 Å². The molecule has 0 aromatic heterocycles. The standard InChI is InChI=1S/C15H28N2OS/c1-15(2,3)14(18)17-8-4-12(5-9-17)16-13-6-10-19-11-7-13/h12-13,16H,4-11H2,1-3H3. The number of amides is 1. The van der Waals surface area contributed by atoms with Crippen LogP contribution in [0.5, 0.6) is 0 Å². The van der Waals surface area contributed by atoms with Gasteiger partial charge in [0.25, 0.3) is 0 Å². The molecule has 0 aromatic rings. The quantitative estimate of drug-likeness (QED) is 0.845. The van der Waals surface area contributed by atoms with E-state index in [1.54, 1.807) is 0 Å². The first kappa shape index (κ1) is 15.2. The molecule has 2 saturated heterocycles. The van der Waals surface area contributed by atoms with Crippen molar-refractivity contribution in [2.75, 3.05) is 24.6 Å². The summed E-state index contributed by atoms with van der Waals surface area (Å²) in [5.41, 5.74) is -0.235. The first-order chi connectivity index (χ1) is 8.97. The topological polar surface area (TPSA) is 32.3 Å². The molecule has 1 amide bonds. The predicted molar refractivity (Wildman–Crippen MR) is 82.5 cm³/mol. The van der Waals surface area contributed by atoms with Gasteiger partial charge in [-0.05, 0) is 37.2 Å². The van der Waals surface area contributed by atoms with Crippen molar-refractivity contribution in [2.24, 2.45) is 5.41 Å². The van der Waals surface area contributed by atoms with Crippen molar-refractivity contribution in [1.29, 1.82) is 0 Å². The third-order valence-corrected chi connectivity index (χ3v) is 5.17. The summed E-state index contributed by atoms with van der Waals surface area (Å²) in [5.74, 6) is 2.91. The molecule has 2 fully saturated rings. The maximum absolute atomic E-state index is 12.2. The van der Waals surface area contributed by atoms with Gasteiger partial charge in [0.1, 0.15) is 0 Å². The van der Waals surface area contributed by atoms with Crippen molar-refractivity contribution in [2.45, 2.75) is 58.5 Å². The number of rotatable bonds is 2. The fourth-order valence-corrected chi connectivity index (χ4v) is 4.03. The SMILES string of the molecule is CC(C)(C)C(=O)N1CCC(NC2CCSCC2)CC1. The Kier molecular flexibility index (Phi) is 5.18. The van der Waals surface area contributed by atoms with E-state index in [4.69, 9.17) is 0 Å². The maximum atomic E-state index is 12.2. The molecule has 0 atom stereocenters. The van der Waals surface area contributed by atoms with E-state index in [-0.39, 0.29) is 5.41 Å². The average molecular weight is 284 g/mol. The monoisotopic (exact) mass is 284 g/mol. The van der Waals surface area contributed by atoms with E-state index in [0.717, 1.165) is 32.0 Å². The molecule has 0 saturated carbocycles. The van der Waals surface area contributed by atoms with Gasteiger partial charge in [-0.2, -0.15) is 11.8 Å². The fraction of sp³-hybridized carbons (Fsp3) is 0.933. The number of hydrogen-bond donors (Lipinski definition) is 1. The Morgan fingerprint density at radius 3 is 2.11 bits per heavy atom. The van der Waals surface area contributed by atoms with Crippen molar-refractivity contribution in [3.05, 3.63) is 0 Å². The van der Waals surface area contributed by atoms with E-state index in [0.29, 0.717) is 11.9 Å². The number of nitrogens with one attached hydrogen (secondary N) is 1. The van der Waals surface area contributed by atoms with E-state index in [1.165, 1.54) is 24.3 Å². The number of nitrogens with zero attached hydrogens (tertiary/aromatic N) is 1. The van der Waals surface area contributed by atoms with E-state index < -0.39 is 0 Å². The molecule has 0 bridgehead atoms. The summed E-state index contributed by atoms with van der Waals surface area (Å²) in [6.45, 7) is 7.89. The zero-order chi connectivity index (χ0) is 13.9. The van der Waals surface area contributed by atoms with Crippen LogP contribution in [-0.4, -0.2) is 47.5 Å². The van der Waals surface area contributed by atoms with Gasteiger partial charge in [-0.25, -0.2) is 0 Å². The minimum atomic E-state index is -0.235. The van der Waals surface area contributed by atoms with Crippen LogP contribution in [-0.2, 0) is 4.79 Å². The summed E-state index contributed by atoms with van der Waals surface area (Å²) >= 11 is 2.07. The largest absolute Gasteiger partial charge is 0.342 e.